The van der Waals surface area contributed by atoms with E-state index >= 15 is 0 Å². The third-order valence-corrected chi connectivity index (χ3v) is 4.36. The third-order valence-electron chi connectivity index (χ3n) is 4.36. The van der Waals surface area contributed by atoms with Gasteiger partial charge in [-0.25, -0.2) is 14.8 Å². The summed E-state index contributed by atoms with van der Waals surface area (Å²) in [5.74, 6) is -0.0174. The monoisotopic (exact) mass is 331 g/mol. The number of carbonyl (C=O) groups is 3. The van der Waals surface area contributed by atoms with Crippen LogP contribution in [0.3, 0.4) is 0 Å². The quantitative estimate of drug-likeness (QED) is 0.653. The van der Waals surface area contributed by atoms with Crippen molar-refractivity contribution in [3.8, 4) is 0 Å². The molecule has 8 nitrogen and oxygen atoms in total. The molecule has 0 bridgehead atoms. The number of fused-ring (bicyclic) bond motifs is 1. The average molecular weight is 331 g/mol. The van der Waals surface area contributed by atoms with Crippen LogP contribution in [0.15, 0.2) is 0 Å². The Balaban J connectivity index is 1.49. The molecule has 0 saturated carbocycles. The van der Waals surface area contributed by atoms with E-state index in [9.17, 15) is 14.4 Å². The van der Waals surface area contributed by atoms with Gasteiger partial charge in [0.05, 0.1) is 6.42 Å². The molecule has 0 radical (unpaired) electrons. The Bertz CT molecular complexity index is 689. The molecule has 1 fully saturated rings. The van der Waals surface area contributed by atoms with Gasteiger partial charge in [-0.3, -0.25) is 14.9 Å². The number of aryl methyl sites for hydroxylation is 2. The molecule has 1 aromatic rings. The Hall–Kier alpha value is -2.51. The Morgan fingerprint density at radius 1 is 1.25 bits per heavy atom. The van der Waals surface area contributed by atoms with Crippen LogP contribution in [0.5, 0.6) is 0 Å². The van der Waals surface area contributed by atoms with E-state index in [4.69, 9.17) is 0 Å². The second-order valence-electron chi connectivity index (χ2n) is 6.18. The van der Waals surface area contributed by atoms with E-state index in [1.807, 2.05) is 6.92 Å². The number of nitrogens with zero attached hydrogens (tertiary/aromatic N) is 2. The van der Waals surface area contributed by atoms with Gasteiger partial charge in [0, 0.05) is 24.4 Å². The van der Waals surface area contributed by atoms with Crippen molar-refractivity contribution in [3.05, 3.63) is 22.8 Å². The van der Waals surface area contributed by atoms with E-state index in [2.05, 4.69) is 25.9 Å². The van der Waals surface area contributed by atoms with Gasteiger partial charge in [-0.2, -0.15) is 0 Å². The summed E-state index contributed by atoms with van der Waals surface area (Å²) in [4.78, 5) is 43.4. The van der Waals surface area contributed by atoms with Gasteiger partial charge < -0.3 is 10.6 Å². The van der Waals surface area contributed by atoms with Crippen LogP contribution in [0, 0.1) is 6.92 Å². The molecule has 2 aliphatic rings. The van der Waals surface area contributed by atoms with Gasteiger partial charge in [-0.1, -0.05) is 0 Å². The average Bonchev–Trinajstić information content (AvgIpc) is 2.85. The summed E-state index contributed by atoms with van der Waals surface area (Å²) in [5, 5.41) is 7.24. The molecule has 1 atom stereocenters. The van der Waals surface area contributed by atoms with Crippen molar-refractivity contribution in [2.75, 3.05) is 6.54 Å². The first-order valence-corrected chi connectivity index (χ1v) is 8.26. The molecule has 2 heterocycles. The molecular formula is C16H21N5O3. The smallest absolute Gasteiger partial charge is 0.322 e. The molecule has 128 valence electrons. The van der Waals surface area contributed by atoms with Gasteiger partial charge in [-0.05, 0) is 38.2 Å². The largest absolute Gasteiger partial charge is 0.356 e. The SMILES string of the molecule is Cc1nc(CCNC(=O)C[C@H]2NC(=O)NC2=O)nc2c1CCCC2. The van der Waals surface area contributed by atoms with E-state index < -0.39 is 18.0 Å². The number of imide groups is 1. The molecule has 8 heteroatoms. The zero-order chi connectivity index (χ0) is 17.1. The Morgan fingerprint density at radius 3 is 2.79 bits per heavy atom. The summed E-state index contributed by atoms with van der Waals surface area (Å²) in [7, 11) is 0. The van der Waals surface area contributed by atoms with Crippen molar-refractivity contribution in [1.29, 1.82) is 0 Å². The van der Waals surface area contributed by atoms with Gasteiger partial charge in [0.1, 0.15) is 11.9 Å². The van der Waals surface area contributed by atoms with Gasteiger partial charge >= 0.3 is 6.03 Å². The normalized spacial score (nSPS) is 19.5. The lowest BCUT2D eigenvalue weighted by Gasteiger charge is -2.17. The van der Waals surface area contributed by atoms with Crippen LogP contribution < -0.4 is 16.0 Å². The minimum Gasteiger partial charge on any atom is -0.356 e. The number of carbonyl (C=O) groups excluding carboxylic acids is 3. The van der Waals surface area contributed by atoms with Crippen molar-refractivity contribution in [2.45, 2.75) is 51.5 Å². The van der Waals surface area contributed by atoms with E-state index in [0.29, 0.717) is 13.0 Å². The van der Waals surface area contributed by atoms with Crippen LogP contribution in [0.1, 0.15) is 42.0 Å². The lowest BCUT2D eigenvalue weighted by molar-refractivity contribution is -0.126. The molecular weight excluding hydrogens is 310 g/mol. The van der Waals surface area contributed by atoms with Crippen LogP contribution in [-0.4, -0.2) is 40.4 Å². The zero-order valence-corrected chi connectivity index (χ0v) is 13.6. The molecule has 0 aromatic carbocycles. The molecule has 24 heavy (non-hydrogen) atoms. The van der Waals surface area contributed by atoms with Crippen molar-refractivity contribution >= 4 is 17.8 Å². The fourth-order valence-corrected chi connectivity index (χ4v) is 3.13. The number of hydrogen-bond donors (Lipinski definition) is 3. The summed E-state index contributed by atoms with van der Waals surface area (Å²) in [5.41, 5.74) is 3.45. The fourth-order valence-electron chi connectivity index (χ4n) is 3.13. The standard InChI is InChI=1S/C16H21N5O3/c1-9-10-4-2-3-5-11(10)19-13(18-9)6-7-17-14(22)8-12-15(23)21-16(24)20-12/h12H,2-8H2,1H3,(H,17,22)(H2,20,21,23,24)/t12-/m1/s1. The Morgan fingerprint density at radius 2 is 2.04 bits per heavy atom. The fraction of sp³-hybridized carbons (Fsp3) is 0.562. The maximum absolute atomic E-state index is 11.9. The highest BCUT2D eigenvalue weighted by Gasteiger charge is 2.31. The second kappa shape index (κ2) is 6.94. The molecule has 1 aromatic heterocycles. The van der Waals surface area contributed by atoms with Crippen LogP contribution in [0.25, 0.3) is 0 Å². The Labute approximate surface area is 139 Å². The van der Waals surface area contributed by atoms with Crippen molar-refractivity contribution < 1.29 is 14.4 Å². The Kier molecular flexibility index (Phi) is 4.73. The third kappa shape index (κ3) is 3.69. The minimum absolute atomic E-state index is 0.0678. The summed E-state index contributed by atoms with van der Waals surface area (Å²) >= 11 is 0. The molecule has 1 aliphatic heterocycles. The molecule has 0 spiro atoms. The van der Waals surface area contributed by atoms with Gasteiger partial charge in [0.15, 0.2) is 0 Å². The van der Waals surface area contributed by atoms with Crippen LogP contribution >= 0.6 is 0 Å². The first-order valence-electron chi connectivity index (χ1n) is 8.26. The number of urea groups is 1. The van der Waals surface area contributed by atoms with Crippen LogP contribution in [-0.2, 0) is 28.9 Å². The molecule has 3 N–H and O–H groups in total. The molecule has 1 saturated heterocycles. The van der Waals surface area contributed by atoms with Crippen molar-refractivity contribution in [2.24, 2.45) is 0 Å². The number of rotatable bonds is 5. The summed E-state index contributed by atoms with van der Waals surface area (Å²) < 4.78 is 0. The predicted octanol–water partition coefficient (Wildman–Crippen LogP) is -0.0794. The lowest BCUT2D eigenvalue weighted by Crippen LogP contribution is -2.37. The number of aromatic nitrogens is 2. The highest BCUT2D eigenvalue weighted by atomic mass is 16.2. The molecule has 0 unspecified atom stereocenters. The number of hydrogen-bond acceptors (Lipinski definition) is 5. The van der Waals surface area contributed by atoms with E-state index in [1.165, 1.54) is 12.0 Å². The predicted molar refractivity (Wildman–Crippen MR) is 85.2 cm³/mol. The van der Waals surface area contributed by atoms with Gasteiger partial charge in [0.2, 0.25) is 5.91 Å². The summed E-state index contributed by atoms with van der Waals surface area (Å²) in [6.45, 7) is 2.41. The lowest BCUT2D eigenvalue weighted by atomic mass is 9.95. The highest BCUT2D eigenvalue weighted by Crippen LogP contribution is 2.21. The van der Waals surface area contributed by atoms with E-state index in [1.54, 1.807) is 0 Å². The highest BCUT2D eigenvalue weighted by molar-refractivity contribution is 6.05. The van der Waals surface area contributed by atoms with Crippen LogP contribution in [0.4, 0.5) is 4.79 Å². The number of nitrogens with one attached hydrogen (secondary N) is 3. The zero-order valence-electron chi connectivity index (χ0n) is 13.6. The van der Waals surface area contributed by atoms with Crippen molar-refractivity contribution in [1.82, 2.24) is 25.9 Å². The molecule has 4 amide bonds. The van der Waals surface area contributed by atoms with Crippen molar-refractivity contribution in [3.63, 3.8) is 0 Å². The maximum atomic E-state index is 11.9. The number of amides is 4. The summed E-state index contributed by atoms with van der Waals surface area (Å²) in [6.07, 6.45) is 4.87. The summed E-state index contributed by atoms with van der Waals surface area (Å²) in [6, 6.07) is -1.35. The maximum Gasteiger partial charge on any atom is 0.322 e. The minimum atomic E-state index is -0.792. The van der Waals surface area contributed by atoms with Crippen LogP contribution in [0.2, 0.25) is 0 Å². The van der Waals surface area contributed by atoms with Gasteiger partial charge in [-0.15, -0.1) is 0 Å². The topological polar surface area (TPSA) is 113 Å². The molecule has 3 rings (SSSR count). The van der Waals surface area contributed by atoms with Gasteiger partial charge in [0.25, 0.3) is 5.91 Å². The van der Waals surface area contributed by atoms with E-state index in [0.717, 1.165) is 36.5 Å². The molecule has 1 aliphatic carbocycles. The second-order valence-corrected chi connectivity index (χ2v) is 6.18. The first-order chi connectivity index (χ1) is 11.5. The first kappa shape index (κ1) is 16.4. The van der Waals surface area contributed by atoms with E-state index in [-0.39, 0.29) is 12.3 Å².